The molecule has 0 atom stereocenters. The van der Waals surface area contributed by atoms with Crippen LogP contribution in [0.25, 0.3) is 16.8 Å². The fourth-order valence-electron chi connectivity index (χ4n) is 2.99. The summed E-state index contributed by atoms with van der Waals surface area (Å²) in [6.07, 6.45) is 3.36. The van der Waals surface area contributed by atoms with Gasteiger partial charge in [-0.25, -0.2) is 9.50 Å². The summed E-state index contributed by atoms with van der Waals surface area (Å²) in [5.41, 5.74) is 4.53. The molecule has 0 unspecified atom stereocenters. The smallest absolute Gasteiger partial charge is 0.259 e. The van der Waals surface area contributed by atoms with Gasteiger partial charge in [0, 0.05) is 23.5 Å². The van der Waals surface area contributed by atoms with Gasteiger partial charge in [-0.3, -0.25) is 4.79 Å². The minimum atomic E-state index is -0.244. The molecular formula is C21H18N4O2. The molecule has 1 amide bonds. The minimum absolute atomic E-state index is 0.244. The topological polar surface area (TPSA) is 68.5 Å². The molecule has 0 saturated carbocycles. The van der Waals surface area contributed by atoms with E-state index in [9.17, 15) is 4.79 Å². The molecule has 0 aliphatic heterocycles. The normalized spacial score (nSPS) is 10.7. The lowest BCUT2D eigenvalue weighted by Crippen LogP contribution is -2.16. The minimum Gasteiger partial charge on any atom is -0.497 e. The van der Waals surface area contributed by atoms with Crippen LogP contribution in [0.3, 0.4) is 0 Å². The summed E-state index contributed by atoms with van der Waals surface area (Å²) in [7, 11) is 1.59. The first-order valence-corrected chi connectivity index (χ1v) is 8.51. The molecule has 4 rings (SSSR count). The van der Waals surface area contributed by atoms with Crippen LogP contribution in [0.2, 0.25) is 0 Å². The Kier molecular flexibility index (Phi) is 4.30. The molecule has 0 saturated heterocycles. The molecule has 27 heavy (non-hydrogen) atoms. The Morgan fingerprint density at radius 2 is 1.89 bits per heavy atom. The van der Waals surface area contributed by atoms with Crippen LogP contribution in [0, 0.1) is 6.92 Å². The number of hydrogen-bond acceptors (Lipinski definition) is 4. The molecule has 4 aromatic rings. The number of benzene rings is 2. The van der Waals surface area contributed by atoms with Crippen molar-refractivity contribution in [2.75, 3.05) is 12.4 Å². The van der Waals surface area contributed by atoms with Gasteiger partial charge in [-0.15, -0.1) is 0 Å². The molecule has 0 aliphatic carbocycles. The number of methoxy groups -OCH3 is 1. The van der Waals surface area contributed by atoms with Gasteiger partial charge in [-0.2, -0.15) is 5.10 Å². The third-order valence-corrected chi connectivity index (χ3v) is 4.42. The fraction of sp³-hybridized carbons (Fsp3) is 0.0952. The van der Waals surface area contributed by atoms with Gasteiger partial charge in [-0.05, 0) is 24.6 Å². The van der Waals surface area contributed by atoms with E-state index in [2.05, 4.69) is 15.4 Å². The molecule has 6 nitrogen and oxygen atoms in total. The highest BCUT2D eigenvalue weighted by Crippen LogP contribution is 2.25. The number of fused-ring (bicyclic) bond motifs is 1. The van der Waals surface area contributed by atoms with Crippen LogP contribution in [0.5, 0.6) is 5.75 Å². The van der Waals surface area contributed by atoms with Crippen molar-refractivity contribution in [3.63, 3.8) is 0 Å². The number of anilines is 1. The number of aryl methyl sites for hydroxylation is 1. The Morgan fingerprint density at radius 3 is 2.67 bits per heavy atom. The highest BCUT2D eigenvalue weighted by Gasteiger charge is 2.16. The van der Waals surface area contributed by atoms with Crippen LogP contribution in [0.4, 0.5) is 5.69 Å². The predicted octanol–water partition coefficient (Wildman–Crippen LogP) is 3.97. The van der Waals surface area contributed by atoms with Gasteiger partial charge in [0.25, 0.3) is 5.91 Å². The van der Waals surface area contributed by atoms with E-state index >= 15 is 0 Å². The van der Waals surface area contributed by atoms with Crippen LogP contribution in [-0.4, -0.2) is 27.6 Å². The Bertz CT molecular complexity index is 1120. The Hall–Kier alpha value is -3.67. The number of carbonyl (C=O) groups is 1. The van der Waals surface area contributed by atoms with E-state index in [1.807, 2.05) is 55.5 Å². The average molecular weight is 358 g/mol. The maximum absolute atomic E-state index is 12.7. The number of nitrogens with zero attached hydrogens (tertiary/aromatic N) is 3. The van der Waals surface area contributed by atoms with Gasteiger partial charge >= 0.3 is 0 Å². The number of aromatic nitrogens is 3. The van der Waals surface area contributed by atoms with Crippen molar-refractivity contribution in [3.8, 4) is 16.9 Å². The summed E-state index contributed by atoms with van der Waals surface area (Å²) >= 11 is 0. The maximum Gasteiger partial charge on any atom is 0.259 e. The van der Waals surface area contributed by atoms with Crippen molar-refractivity contribution in [1.82, 2.24) is 14.6 Å². The second-order valence-electron chi connectivity index (χ2n) is 6.10. The van der Waals surface area contributed by atoms with Gasteiger partial charge in [0.15, 0.2) is 5.65 Å². The number of hydrogen-bond donors (Lipinski definition) is 1. The van der Waals surface area contributed by atoms with Crippen LogP contribution in [0.1, 0.15) is 16.1 Å². The van der Waals surface area contributed by atoms with E-state index in [0.717, 1.165) is 22.5 Å². The van der Waals surface area contributed by atoms with Crippen molar-refractivity contribution in [1.29, 1.82) is 0 Å². The molecule has 0 fully saturated rings. The Morgan fingerprint density at radius 1 is 1.07 bits per heavy atom. The standard InChI is InChI=1S/C21H18N4O2/c1-14-18(21(26)24-16-9-6-10-17(11-16)27-2)12-22-20-19(13-23-25(14)20)15-7-4-3-5-8-15/h3-13H,1-2H3,(H,24,26). The first-order chi connectivity index (χ1) is 13.2. The summed E-state index contributed by atoms with van der Waals surface area (Å²) < 4.78 is 6.89. The zero-order chi connectivity index (χ0) is 18.8. The summed E-state index contributed by atoms with van der Waals surface area (Å²) in [5, 5.41) is 7.30. The molecule has 0 aliphatic rings. The molecule has 2 heterocycles. The molecule has 6 heteroatoms. The zero-order valence-electron chi connectivity index (χ0n) is 15.0. The maximum atomic E-state index is 12.7. The first-order valence-electron chi connectivity index (χ1n) is 8.51. The third-order valence-electron chi connectivity index (χ3n) is 4.42. The SMILES string of the molecule is COc1cccc(NC(=O)c2cnc3c(-c4ccccc4)cnn3c2C)c1. The van der Waals surface area contributed by atoms with Crippen molar-refractivity contribution in [2.24, 2.45) is 0 Å². The van der Waals surface area contributed by atoms with Gasteiger partial charge in [0.1, 0.15) is 5.75 Å². The molecule has 2 aromatic heterocycles. The van der Waals surface area contributed by atoms with Crippen LogP contribution >= 0.6 is 0 Å². The van der Waals surface area contributed by atoms with Crippen molar-refractivity contribution in [2.45, 2.75) is 6.92 Å². The lowest BCUT2D eigenvalue weighted by Gasteiger charge is -2.10. The van der Waals surface area contributed by atoms with Gasteiger partial charge in [-0.1, -0.05) is 36.4 Å². The van der Waals surface area contributed by atoms with E-state index in [1.165, 1.54) is 0 Å². The average Bonchev–Trinajstić information content (AvgIpc) is 3.14. The number of carbonyl (C=O) groups excluding carboxylic acids is 1. The van der Waals surface area contributed by atoms with Gasteiger partial charge in [0.2, 0.25) is 0 Å². The largest absolute Gasteiger partial charge is 0.497 e. The summed E-state index contributed by atoms with van der Waals surface area (Å²) in [6, 6.07) is 17.2. The van der Waals surface area contributed by atoms with E-state index in [-0.39, 0.29) is 5.91 Å². The Labute approximate surface area is 156 Å². The Balaban J connectivity index is 1.68. The highest BCUT2D eigenvalue weighted by atomic mass is 16.5. The lowest BCUT2D eigenvalue weighted by atomic mass is 10.1. The zero-order valence-corrected chi connectivity index (χ0v) is 15.0. The molecule has 134 valence electrons. The highest BCUT2D eigenvalue weighted by molar-refractivity contribution is 6.05. The van der Waals surface area contributed by atoms with Crippen molar-refractivity contribution >= 4 is 17.2 Å². The predicted molar refractivity (Wildman–Crippen MR) is 104 cm³/mol. The summed E-state index contributed by atoms with van der Waals surface area (Å²) in [4.78, 5) is 17.2. The molecule has 1 N–H and O–H groups in total. The first kappa shape index (κ1) is 16.8. The van der Waals surface area contributed by atoms with Crippen LogP contribution < -0.4 is 10.1 Å². The van der Waals surface area contributed by atoms with Crippen molar-refractivity contribution < 1.29 is 9.53 Å². The lowest BCUT2D eigenvalue weighted by molar-refractivity contribution is 0.102. The number of amides is 1. The second-order valence-corrected chi connectivity index (χ2v) is 6.10. The molecule has 0 radical (unpaired) electrons. The number of rotatable bonds is 4. The molecule has 0 spiro atoms. The molecular weight excluding hydrogens is 340 g/mol. The van der Waals surface area contributed by atoms with Gasteiger partial charge < -0.3 is 10.1 Å². The monoisotopic (exact) mass is 358 g/mol. The molecule has 2 aromatic carbocycles. The van der Waals surface area contributed by atoms with E-state index in [0.29, 0.717) is 17.0 Å². The second kappa shape index (κ2) is 6.92. The van der Waals surface area contributed by atoms with E-state index in [4.69, 9.17) is 4.74 Å². The fourth-order valence-corrected chi connectivity index (χ4v) is 2.99. The van der Waals surface area contributed by atoms with Crippen LogP contribution in [-0.2, 0) is 0 Å². The van der Waals surface area contributed by atoms with Crippen molar-refractivity contribution in [3.05, 3.63) is 78.2 Å². The molecule has 0 bridgehead atoms. The van der Waals surface area contributed by atoms with Gasteiger partial charge in [0.05, 0.1) is 24.6 Å². The van der Waals surface area contributed by atoms with E-state index < -0.39 is 0 Å². The van der Waals surface area contributed by atoms with E-state index in [1.54, 1.807) is 30.1 Å². The summed E-state index contributed by atoms with van der Waals surface area (Å²) in [6.45, 7) is 1.86. The third kappa shape index (κ3) is 3.13. The number of ether oxygens (including phenoxy) is 1. The van der Waals surface area contributed by atoms with Crippen LogP contribution in [0.15, 0.2) is 67.0 Å². The summed E-state index contributed by atoms with van der Waals surface area (Å²) in [5.74, 6) is 0.435. The quantitative estimate of drug-likeness (QED) is 0.599. The number of nitrogens with one attached hydrogen (secondary N) is 1.